The number of esters is 1. The third kappa shape index (κ3) is 5.21. The maximum atomic E-state index is 11.2. The Morgan fingerprint density at radius 1 is 1.33 bits per heavy atom. The molecule has 1 fully saturated rings. The van der Waals surface area contributed by atoms with Gasteiger partial charge in [0.15, 0.2) is 0 Å². The van der Waals surface area contributed by atoms with Crippen LogP contribution < -0.4 is 0 Å². The summed E-state index contributed by atoms with van der Waals surface area (Å²) in [6.45, 7) is 7.68. The molecule has 0 atom stereocenters. The summed E-state index contributed by atoms with van der Waals surface area (Å²) in [5.74, 6) is 0.285. The van der Waals surface area contributed by atoms with Crippen molar-refractivity contribution >= 4 is 23.4 Å². The van der Waals surface area contributed by atoms with Crippen molar-refractivity contribution in [3.8, 4) is 0 Å². The van der Waals surface area contributed by atoms with Gasteiger partial charge in [0.1, 0.15) is 5.60 Å². The smallest absolute Gasteiger partial charge is 0.305 e. The molecule has 0 saturated carbocycles. The lowest BCUT2D eigenvalue weighted by Crippen LogP contribution is -2.41. The van der Waals surface area contributed by atoms with E-state index < -0.39 is 0 Å². The van der Waals surface area contributed by atoms with Crippen LogP contribution >= 0.6 is 12.2 Å². The molecule has 104 valence electrons. The van der Waals surface area contributed by atoms with Crippen LogP contribution in [0, 0.1) is 5.92 Å². The van der Waals surface area contributed by atoms with Gasteiger partial charge in [-0.1, -0.05) is 0 Å². The van der Waals surface area contributed by atoms with Crippen molar-refractivity contribution in [3.05, 3.63) is 0 Å². The van der Waals surface area contributed by atoms with E-state index >= 15 is 0 Å². The van der Waals surface area contributed by atoms with Gasteiger partial charge in [-0.2, -0.15) is 0 Å². The van der Waals surface area contributed by atoms with E-state index in [0.717, 1.165) is 25.9 Å². The first-order chi connectivity index (χ1) is 8.31. The largest absolute Gasteiger partial charge is 0.469 e. The number of piperidine rings is 1. The Morgan fingerprint density at radius 2 is 1.89 bits per heavy atom. The number of methoxy groups -OCH3 is 1. The molecule has 0 amide bonds. The molecule has 1 rings (SSSR count). The van der Waals surface area contributed by atoms with Gasteiger partial charge in [0.05, 0.1) is 7.11 Å². The minimum atomic E-state index is -0.250. The molecule has 1 aliphatic rings. The normalized spacial score (nSPS) is 17.4. The van der Waals surface area contributed by atoms with Gasteiger partial charge in [0, 0.05) is 19.5 Å². The number of rotatable bonds is 2. The van der Waals surface area contributed by atoms with Crippen LogP contribution in [0.15, 0.2) is 0 Å². The Labute approximate surface area is 115 Å². The summed E-state index contributed by atoms with van der Waals surface area (Å²) in [6, 6.07) is 0. The first-order valence-electron chi connectivity index (χ1n) is 6.36. The van der Waals surface area contributed by atoms with Crippen molar-refractivity contribution < 1.29 is 14.3 Å². The standard InChI is InChI=1S/C13H23NO3S/c1-13(2,3)17-12(18)14-7-5-10(6-8-14)9-11(15)16-4/h10H,5-9H2,1-4H3. The van der Waals surface area contributed by atoms with E-state index in [0.29, 0.717) is 17.5 Å². The fourth-order valence-electron chi connectivity index (χ4n) is 1.97. The van der Waals surface area contributed by atoms with Crippen molar-refractivity contribution in [2.24, 2.45) is 5.92 Å². The molecule has 5 heteroatoms. The number of hydrogen-bond donors (Lipinski definition) is 0. The maximum Gasteiger partial charge on any atom is 0.305 e. The van der Waals surface area contributed by atoms with Gasteiger partial charge in [-0.3, -0.25) is 4.79 Å². The number of thiocarbonyl (C=S) groups is 1. The van der Waals surface area contributed by atoms with Gasteiger partial charge < -0.3 is 14.4 Å². The number of hydrogen-bond acceptors (Lipinski definition) is 4. The first kappa shape index (κ1) is 15.2. The summed E-state index contributed by atoms with van der Waals surface area (Å²) in [4.78, 5) is 13.3. The second-order valence-electron chi connectivity index (χ2n) is 5.69. The number of nitrogens with zero attached hydrogens (tertiary/aromatic N) is 1. The average molecular weight is 273 g/mol. The maximum absolute atomic E-state index is 11.2. The van der Waals surface area contributed by atoms with E-state index in [1.807, 2.05) is 20.8 Å². The first-order valence-corrected chi connectivity index (χ1v) is 6.77. The third-order valence-electron chi connectivity index (χ3n) is 2.95. The van der Waals surface area contributed by atoms with E-state index in [-0.39, 0.29) is 11.6 Å². The zero-order valence-corrected chi connectivity index (χ0v) is 12.5. The fourth-order valence-corrected chi connectivity index (χ4v) is 2.40. The highest BCUT2D eigenvalue weighted by atomic mass is 32.1. The second-order valence-corrected chi connectivity index (χ2v) is 6.04. The zero-order chi connectivity index (χ0) is 13.8. The lowest BCUT2D eigenvalue weighted by atomic mass is 9.94. The SMILES string of the molecule is COC(=O)CC1CCN(C(=S)OC(C)(C)C)CC1. The van der Waals surface area contributed by atoms with Crippen molar-refractivity contribution in [3.63, 3.8) is 0 Å². The highest BCUT2D eigenvalue weighted by Crippen LogP contribution is 2.22. The molecular weight excluding hydrogens is 250 g/mol. The summed E-state index contributed by atoms with van der Waals surface area (Å²) in [7, 11) is 1.43. The van der Waals surface area contributed by atoms with Crippen LogP contribution in [0.1, 0.15) is 40.0 Å². The number of likely N-dealkylation sites (tertiary alicyclic amines) is 1. The molecule has 0 aromatic carbocycles. The second kappa shape index (κ2) is 6.36. The Bertz CT molecular complexity index is 304. The molecule has 1 heterocycles. The molecule has 0 bridgehead atoms. The van der Waals surface area contributed by atoms with E-state index in [4.69, 9.17) is 21.7 Å². The quantitative estimate of drug-likeness (QED) is 0.570. The molecule has 18 heavy (non-hydrogen) atoms. The predicted octanol–water partition coefficient (Wildman–Crippen LogP) is 2.36. The minimum Gasteiger partial charge on any atom is -0.469 e. The fraction of sp³-hybridized carbons (Fsp3) is 0.846. The molecule has 0 spiro atoms. The molecule has 1 aliphatic heterocycles. The van der Waals surface area contributed by atoms with Crippen LogP contribution in [0.25, 0.3) is 0 Å². The molecule has 4 nitrogen and oxygen atoms in total. The lowest BCUT2D eigenvalue weighted by Gasteiger charge is -2.35. The Kier molecular flexibility index (Phi) is 5.38. The number of carbonyl (C=O) groups excluding carboxylic acids is 1. The van der Waals surface area contributed by atoms with Crippen molar-refractivity contribution in [1.82, 2.24) is 4.90 Å². The topological polar surface area (TPSA) is 38.8 Å². The summed E-state index contributed by atoms with van der Waals surface area (Å²) in [5.41, 5.74) is -0.250. The van der Waals surface area contributed by atoms with Crippen LogP contribution in [0.5, 0.6) is 0 Å². The van der Waals surface area contributed by atoms with E-state index in [9.17, 15) is 4.79 Å². The number of ether oxygens (including phenoxy) is 2. The monoisotopic (exact) mass is 273 g/mol. The summed E-state index contributed by atoms with van der Waals surface area (Å²) in [6.07, 6.45) is 2.43. The highest BCUT2D eigenvalue weighted by molar-refractivity contribution is 7.80. The third-order valence-corrected chi connectivity index (χ3v) is 3.29. The Morgan fingerprint density at radius 3 is 2.33 bits per heavy atom. The van der Waals surface area contributed by atoms with Crippen molar-refractivity contribution in [1.29, 1.82) is 0 Å². The molecule has 1 saturated heterocycles. The summed E-state index contributed by atoms with van der Waals surface area (Å²) < 4.78 is 10.4. The average Bonchev–Trinajstić information content (AvgIpc) is 2.27. The van der Waals surface area contributed by atoms with E-state index in [2.05, 4.69) is 4.90 Å². The van der Waals surface area contributed by atoms with Crippen molar-refractivity contribution in [2.45, 2.75) is 45.6 Å². The Hall–Kier alpha value is -0.840. The molecule has 0 unspecified atom stereocenters. The molecule has 0 N–H and O–H groups in total. The molecule has 0 aromatic rings. The van der Waals surface area contributed by atoms with Gasteiger partial charge >= 0.3 is 5.97 Å². The lowest BCUT2D eigenvalue weighted by molar-refractivity contribution is -0.142. The Balaban J connectivity index is 2.35. The van der Waals surface area contributed by atoms with Crippen LogP contribution in [-0.4, -0.2) is 41.8 Å². The summed E-state index contributed by atoms with van der Waals surface area (Å²) >= 11 is 5.28. The van der Waals surface area contributed by atoms with Gasteiger partial charge in [0.2, 0.25) is 0 Å². The summed E-state index contributed by atoms with van der Waals surface area (Å²) in [5, 5.41) is 0.569. The van der Waals surface area contributed by atoms with Gasteiger partial charge in [-0.15, -0.1) is 0 Å². The predicted molar refractivity (Wildman–Crippen MR) is 74.4 cm³/mol. The molecule has 0 radical (unpaired) electrons. The van der Waals surface area contributed by atoms with Gasteiger partial charge in [0.25, 0.3) is 5.17 Å². The zero-order valence-electron chi connectivity index (χ0n) is 11.7. The van der Waals surface area contributed by atoms with Crippen LogP contribution in [0.3, 0.4) is 0 Å². The van der Waals surface area contributed by atoms with Gasteiger partial charge in [-0.25, -0.2) is 0 Å². The molecule has 0 aromatic heterocycles. The molecule has 0 aliphatic carbocycles. The molecular formula is C13H23NO3S. The van der Waals surface area contributed by atoms with Crippen LogP contribution in [0.2, 0.25) is 0 Å². The van der Waals surface area contributed by atoms with Crippen LogP contribution in [0.4, 0.5) is 0 Å². The van der Waals surface area contributed by atoms with Crippen LogP contribution in [-0.2, 0) is 14.3 Å². The number of carbonyl (C=O) groups is 1. The van der Waals surface area contributed by atoms with Gasteiger partial charge in [-0.05, 0) is 51.7 Å². The van der Waals surface area contributed by atoms with Crippen molar-refractivity contribution in [2.75, 3.05) is 20.2 Å². The highest BCUT2D eigenvalue weighted by Gasteiger charge is 2.25. The van der Waals surface area contributed by atoms with E-state index in [1.165, 1.54) is 7.11 Å². The van der Waals surface area contributed by atoms with E-state index in [1.54, 1.807) is 0 Å². The minimum absolute atomic E-state index is 0.123.